The lowest BCUT2D eigenvalue weighted by Gasteiger charge is -2.30. The van der Waals surface area contributed by atoms with Crippen LogP contribution in [-0.4, -0.2) is 11.6 Å². The molecule has 0 bridgehead atoms. The van der Waals surface area contributed by atoms with Gasteiger partial charge in [0.1, 0.15) is 5.60 Å². The number of carbonyl (C=O) groups excluding carboxylic acids is 1. The van der Waals surface area contributed by atoms with Crippen LogP contribution in [0.25, 0.3) is 0 Å². The molecule has 12 heavy (non-hydrogen) atoms. The normalized spacial score (nSPS) is 19.6. The Hall–Kier alpha value is -0.530. The molecule has 0 saturated heterocycles. The first-order chi connectivity index (χ1) is 5.52. The predicted octanol–water partition coefficient (Wildman–Crippen LogP) is 2.52. The molecule has 0 aromatic rings. The Morgan fingerprint density at radius 1 is 1.33 bits per heavy atom. The van der Waals surface area contributed by atoms with Crippen LogP contribution in [0.5, 0.6) is 0 Å². The molecule has 0 aliphatic heterocycles. The summed E-state index contributed by atoms with van der Waals surface area (Å²) in [7, 11) is 0. The summed E-state index contributed by atoms with van der Waals surface area (Å²) in [6.45, 7) is 5.52. The molecule has 1 saturated carbocycles. The van der Waals surface area contributed by atoms with E-state index in [0.29, 0.717) is 5.92 Å². The van der Waals surface area contributed by atoms with E-state index < -0.39 is 0 Å². The SMILES string of the molecule is CC(=O)OC(C)(C)C1CCCC1. The first kappa shape index (κ1) is 9.56. The lowest BCUT2D eigenvalue weighted by Crippen LogP contribution is -2.34. The van der Waals surface area contributed by atoms with E-state index in [1.807, 2.05) is 13.8 Å². The molecule has 1 aliphatic rings. The first-order valence-corrected chi connectivity index (χ1v) is 4.72. The molecular weight excluding hydrogens is 152 g/mol. The number of hydrogen-bond donors (Lipinski definition) is 0. The molecule has 1 fully saturated rings. The molecule has 0 unspecified atom stereocenters. The largest absolute Gasteiger partial charge is 0.460 e. The Bertz CT molecular complexity index is 167. The summed E-state index contributed by atoms with van der Waals surface area (Å²) < 4.78 is 5.28. The van der Waals surface area contributed by atoms with Crippen LogP contribution in [-0.2, 0) is 9.53 Å². The molecule has 1 aliphatic carbocycles. The van der Waals surface area contributed by atoms with Crippen LogP contribution >= 0.6 is 0 Å². The molecule has 2 heteroatoms. The molecule has 0 radical (unpaired) electrons. The summed E-state index contributed by atoms with van der Waals surface area (Å²) >= 11 is 0. The summed E-state index contributed by atoms with van der Waals surface area (Å²) in [5.41, 5.74) is -0.248. The van der Waals surface area contributed by atoms with Gasteiger partial charge in [-0.25, -0.2) is 0 Å². The summed E-state index contributed by atoms with van der Waals surface area (Å²) in [5, 5.41) is 0. The fraction of sp³-hybridized carbons (Fsp3) is 0.900. The highest BCUT2D eigenvalue weighted by Gasteiger charge is 2.34. The van der Waals surface area contributed by atoms with Crippen molar-refractivity contribution in [2.24, 2.45) is 5.92 Å². The third kappa shape index (κ3) is 2.23. The van der Waals surface area contributed by atoms with Gasteiger partial charge < -0.3 is 4.74 Å². The fourth-order valence-electron chi connectivity index (χ4n) is 2.07. The van der Waals surface area contributed by atoms with Gasteiger partial charge in [-0.05, 0) is 32.6 Å². The average molecular weight is 170 g/mol. The number of hydrogen-bond acceptors (Lipinski definition) is 2. The van der Waals surface area contributed by atoms with Crippen LogP contribution in [0.2, 0.25) is 0 Å². The maximum Gasteiger partial charge on any atom is 0.303 e. The van der Waals surface area contributed by atoms with E-state index in [1.165, 1.54) is 32.6 Å². The monoisotopic (exact) mass is 170 g/mol. The van der Waals surface area contributed by atoms with Gasteiger partial charge in [0.2, 0.25) is 0 Å². The summed E-state index contributed by atoms with van der Waals surface area (Å²) in [6, 6.07) is 0. The van der Waals surface area contributed by atoms with Gasteiger partial charge in [0.25, 0.3) is 0 Å². The molecule has 0 aromatic carbocycles. The van der Waals surface area contributed by atoms with Gasteiger partial charge in [0, 0.05) is 6.92 Å². The summed E-state index contributed by atoms with van der Waals surface area (Å²) in [6.07, 6.45) is 4.99. The van der Waals surface area contributed by atoms with Crippen LogP contribution in [0.15, 0.2) is 0 Å². The zero-order chi connectivity index (χ0) is 9.19. The van der Waals surface area contributed by atoms with E-state index in [2.05, 4.69) is 0 Å². The number of ether oxygens (including phenoxy) is 1. The molecule has 0 N–H and O–H groups in total. The van der Waals surface area contributed by atoms with Gasteiger partial charge >= 0.3 is 5.97 Å². The topological polar surface area (TPSA) is 26.3 Å². The Balaban J connectivity index is 2.50. The van der Waals surface area contributed by atoms with Gasteiger partial charge in [-0.1, -0.05) is 12.8 Å². The molecule has 2 nitrogen and oxygen atoms in total. The predicted molar refractivity (Wildman–Crippen MR) is 47.8 cm³/mol. The Labute approximate surface area is 74.3 Å². The second-order valence-electron chi connectivity index (χ2n) is 4.18. The smallest absolute Gasteiger partial charge is 0.303 e. The van der Waals surface area contributed by atoms with Crippen molar-refractivity contribution in [3.63, 3.8) is 0 Å². The molecule has 0 amide bonds. The zero-order valence-electron chi connectivity index (χ0n) is 8.22. The summed E-state index contributed by atoms with van der Waals surface area (Å²) in [4.78, 5) is 10.8. The number of rotatable bonds is 2. The minimum Gasteiger partial charge on any atom is -0.460 e. The van der Waals surface area contributed by atoms with Gasteiger partial charge in [-0.3, -0.25) is 4.79 Å². The van der Waals surface area contributed by atoms with Crippen molar-refractivity contribution in [1.82, 2.24) is 0 Å². The Kier molecular flexibility index (Phi) is 2.76. The highest BCUT2D eigenvalue weighted by atomic mass is 16.6. The number of carbonyl (C=O) groups is 1. The lowest BCUT2D eigenvalue weighted by molar-refractivity contribution is -0.158. The van der Waals surface area contributed by atoms with Crippen LogP contribution in [0.1, 0.15) is 46.5 Å². The van der Waals surface area contributed by atoms with Crippen LogP contribution in [0, 0.1) is 5.92 Å². The quantitative estimate of drug-likeness (QED) is 0.595. The van der Waals surface area contributed by atoms with Gasteiger partial charge in [0.15, 0.2) is 0 Å². The second kappa shape index (κ2) is 3.46. The fourth-order valence-corrected chi connectivity index (χ4v) is 2.07. The molecule has 0 spiro atoms. The Morgan fingerprint density at radius 3 is 2.25 bits per heavy atom. The molecule has 0 atom stereocenters. The molecular formula is C10H18O2. The van der Waals surface area contributed by atoms with Gasteiger partial charge in [-0.15, -0.1) is 0 Å². The van der Waals surface area contributed by atoms with Crippen molar-refractivity contribution in [1.29, 1.82) is 0 Å². The standard InChI is InChI=1S/C10H18O2/c1-8(11)12-10(2,3)9-6-4-5-7-9/h9H,4-7H2,1-3H3. The third-order valence-corrected chi connectivity index (χ3v) is 2.75. The van der Waals surface area contributed by atoms with Crippen molar-refractivity contribution in [2.75, 3.05) is 0 Å². The molecule has 70 valence electrons. The van der Waals surface area contributed by atoms with E-state index in [4.69, 9.17) is 4.74 Å². The maximum absolute atomic E-state index is 10.8. The van der Waals surface area contributed by atoms with Crippen molar-refractivity contribution in [2.45, 2.75) is 52.1 Å². The van der Waals surface area contributed by atoms with Gasteiger partial charge in [0.05, 0.1) is 0 Å². The van der Waals surface area contributed by atoms with Crippen LogP contribution < -0.4 is 0 Å². The number of esters is 1. The van der Waals surface area contributed by atoms with Crippen molar-refractivity contribution in [3.05, 3.63) is 0 Å². The third-order valence-electron chi connectivity index (χ3n) is 2.75. The minimum atomic E-state index is -0.248. The lowest BCUT2D eigenvalue weighted by atomic mass is 9.89. The second-order valence-corrected chi connectivity index (χ2v) is 4.18. The van der Waals surface area contributed by atoms with E-state index in [9.17, 15) is 4.79 Å². The molecule has 0 heterocycles. The van der Waals surface area contributed by atoms with Crippen molar-refractivity contribution >= 4 is 5.97 Å². The van der Waals surface area contributed by atoms with E-state index in [1.54, 1.807) is 0 Å². The highest BCUT2D eigenvalue weighted by molar-refractivity contribution is 5.66. The molecule has 0 aromatic heterocycles. The van der Waals surface area contributed by atoms with Crippen LogP contribution in [0.4, 0.5) is 0 Å². The van der Waals surface area contributed by atoms with E-state index in [0.717, 1.165) is 0 Å². The highest BCUT2D eigenvalue weighted by Crippen LogP contribution is 2.35. The minimum absolute atomic E-state index is 0.160. The maximum atomic E-state index is 10.8. The Morgan fingerprint density at radius 2 is 1.83 bits per heavy atom. The van der Waals surface area contributed by atoms with E-state index >= 15 is 0 Å². The van der Waals surface area contributed by atoms with Crippen LogP contribution in [0.3, 0.4) is 0 Å². The zero-order valence-corrected chi connectivity index (χ0v) is 8.22. The summed E-state index contributed by atoms with van der Waals surface area (Å²) in [5.74, 6) is 0.410. The van der Waals surface area contributed by atoms with Crippen molar-refractivity contribution < 1.29 is 9.53 Å². The van der Waals surface area contributed by atoms with E-state index in [-0.39, 0.29) is 11.6 Å². The van der Waals surface area contributed by atoms with Crippen molar-refractivity contribution in [3.8, 4) is 0 Å². The average Bonchev–Trinajstić information content (AvgIpc) is 2.32. The van der Waals surface area contributed by atoms with Gasteiger partial charge in [-0.2, -0.15) is 0 Å². The molecule has 1 rings (SSSR count). The first-order valence-electron chi connectivity index (χ1n) is 4.72.